The second-order valence-electron chi connectivity index (χ2n) is 4.70. The topological polar surface area (TPSA) is 46.8 Å². The van der Waals surface area contributed by atoms with Gasteiger partial charge in [-0.3, -0.25) is 4.68 Å². The number of rotatable bonds is 2. The van der Waals surface area contributed by atoms with Crippen molar-refractivity contribution in [3.05, 3.63) is 12.5 Å². The predicted molar refractivity (Wildman–Crippen MR) is 75.1 cm³/mol. The first-order valence-electron chi connectivity index (χ1n) is 6.26. The molecule has 96 valence electrons. The normalized spacial score (nSPS) is 20.6. The van der Waals surface area contributed by atoms with Crippen molar-refractivity contribution in [2.45, 2.75) is 25.3 Å². The van der Waals surface area contributed by atoms with Crippen LogP contribution in [0.1, 0.15) is 19.3 Å². The third kappa shape index (κ3) is 1.88. The summed E-state index contributed by atoms with van der Waals surface area (Å²) in [5.74, 6) is 1.03. The third-order valence-electron chi connectivity index (χ3n) is 3.59. The van der Waals surface area contributed by atoms with Crippen LogP contribution in [-0.4, -0.2) is 37.7 Å². The van der Waals surface area contributed by atoms with E-state index in [0.29, 0.717) is 6.04 Å². The third-order valence-corrected chi connectivity index (χ3v) is 4.33. The molecule has 0 radical (unpaired) electrons. The molecule has 2 aromatic rings. The van der Waals surface area contributed by atoms with Crippen LogP contribution < -0.4 is 4.90 Å². The van der Waals surface area contributed by atoms with Crippen LogP contribution in [0.3, 0.4) is 0 Å². The summed E-state index contributed by atoms with van der Waals surface area (Å²) in [5, 5.41) is 6.31. The number of halogens is 1. The Morgan fingerprint density at radius 1 is 1.39 bits per heavy atom. The van der Waals surface area contributed by atoms with Gasteiger partial charge < -0.3 is 4.90 Å². The minimum absolute atomic E-state index is 0.525. The van der Waals surface area contributed by atoms with Gasteiger partial charge in [0.15, 0.2) is 5.65 Å². The second-order valence-corrected chi connectivity index (χ2v) is 5.35. The zero-order valence-corrected chi connectivity index (χ0v) is 12.0. The molecular formula is C12H16BrN5. The van der Waals surface area contributed by atoms with Gasteiger partial charge in [-0.25, -0.2) is 9.97 Å². The fraction of sp³-hybridized carbons (Fsp3) is 0.583. The highest BCUT2D eigenvalue weighted by atomic mass is 79.9. The van der Waals surface area contributed by atoms with Gasteiger partial charge in [0.2, 0.25) is 0 Å². The molecular weight excluding hydrogens is 294 g/mol. The van der Waals surface area contributed by atoms with Crippen LogP contribution in [0, 0.1) is 0 Å². The van der Waals surface area contributed by atoms with Gasteiger partial charge in [0.25, 0.3) is 0 Å². The molecule has 6 heteroatoms. The Bertz CT molecular complexity index is 552. The first-order chi connectivity index (χ1) is 8.81. The van der Waals surface area contributed by atoms with E-state index in [4.69, 9.17) is 0 Å². The van der Waals surface area contributed by atoms with Crippen molar-refractivity contribution in [2.24, 2.45) is 7.05 Å². The van der Waals surface area contributed by atoms with E-state index in [0.717, 1.165) is 28.7 Å². The Hall–Kier alpha value is -1.17. The van der Waals surface area contributed by atoms with E-state index in [2.05, 4.69) is 35.9 Å². The van der Waals surface area contributed by atoms with Gasteiger partial charge in [-0.1, -0.05) is 15.9 Å². The zero-order valence-electron chi connectivity index (χ0n) is 10.4. The van der Waals surface area contributed by atoms with Gasteiger partial charge in [-0.05, 0) is 19.3 Å². The van der Waals surface area contributed by atoms with Gasteiger partial charge in [-0.15, -0.1) is 0 Å². The molecule has 1 atom stereocenters. The lowest BCUT2D eigenvalue weighted by atomic mass is 10.0. The molecule has 0 N–H and O–H groups in total. The Morgan fingerprint density at radius 3 is 3.11 bits per heavy atom. The monoisotopic (exact) mass is 309 g/mol. The van der Waals surface area contributed by atoms with Crippen molar-refractivity contribution in [3.63, 3.8) is 0 Å². The predicted octanol–water partition coefficient (Wildman–Crippen LogP) is 2.12. The van der Waals surface area contributed by atoms with Crippen LogP contribution in [0.25, 0.3) is 11.0 Å². The minimum Gasteiger partial charge on any atom is -0.352 e. The smallest absolute Gasteiger partial charge is 0.163 e. The number of anilines is 1. The molecule has 1 fully saturated rings. The van der Waals surface area contributed by atoms with E-state index < -0.39 is 0 Å². The standard InChI is InChI=1S/C12H16BrN5/c1-17-11-10(7-16-17)12(15-8-14-11)18-5-3-2-4-9(18)6-13/h7-9H,2-6H2,1H3. The van der Waals surface area contributed by atoms with E-state index in [1.54, 1.807) is 11.0 Å². The Balaban J connectivity index is 2.07. The summed E-state index contributed by atoms with van der Waals surface area (Å²) in [6.45, 7) is 1.07. The summed E-state index contributed by atoms with van der Waals surface area (Å²) in [6, 6.07) is 0.525. The van der Waals surface area contributed by atoms with E-state index in [1.807, 2.05) is 13.2 Å². The van der Waals surface area contributed by atoms with E-state index >= 15 is 0 Å². The number of aryl methyl sites for hydroxylation is 1. The molecule has 0 saturated carbocycles. The first-order valence-corrected chi connectivity index (χ1v) is 7.38. The van der Waals surface area contributed by atoms with Crippen LogP contribution in [-0.2, 0) is 7.05 Å². The lowest BCUT2D eigenvalue weighted by Gasteiger charge is -2.35. The Kier molecular flexibility index (Phi) is 3.20. The summed E-state index contributed by atoms with van der Waals surface area (Å²) >= 11 is 3.61. The summed E-state index contributed by atoms with van der Waals surface area (Å²) in [5.41, 5.74) is 0.902. The van der Waals surface area contributed by atoms with E-state index in [9.17, 15) is 0 Å². The summed E-state index contributed by atoms with van der Waals surface area (Å²) in [4.78, 5) is 11.2. The van der Waals surface area contributed by atoms with Crippen molar-refractivity contribution in [2.75, 3.05) is 16.8 Å². The second kappa shape index (κ2) is 4.84. The highest BCUT2D eigenvalue weighted by Gasteiger charge is 2.24. The zero-order chi connectivity index (χ0) is 12.5. The molecule has 0 amide bonds. The minimum atomic E-state index is 0.525. The van der Waals surface area contributed by atoms with Gasteiger partial charge in [0, 0.05) is 25.0 Å². The fourth-order valence-corrected chi connectivity index (χ4v) is 3.29. The number of aromatic nitrogens is 4. The van der Waals surface area contributed by atoms with Crippen molar-refractivity contribution in [1.82, 2.24) is 19.7 Å². The van der Waals surface area contributed by atoms with Gasteiger partial charge in [0.05, 0.1) is 11.6 Å². The molecule has 0 aliphatic carbocycles. The molecule has 1 unspecified atom stereocenters. The van der Waals surface area contributed by atoms with Crippen LogP contribution in [0.4, 0.5) is 5.82 Å². The maximum absolute atomic E-state index is 4.48. The van der Waals surface area contributed by atoms with Crippen molar-refractivity contribution >= 4 is 32.8 Å². The number of fused-ring (bicyclic) bond motifs is 1. The summed E-state index contributed by atoms with van der Waals surface area (Å²) < 4.78 is 1.80. The average molecular weight is 310 g/mol. The molecule has 5 nitrogen and oxygen atoms in total. The highest BCUT2D eigenvalue weighted by Crippen LogP contribution is 2.29. The first kappa shape index (κ1) is 11.9. The maximum Gasteiger partial charge on any atom is 0.163 e. The molecule has 1 aliphatic heterocycles. The van der Waals surface area contributed by atoms with Crippen LogP contribution in [0.5, 0.6) is 0 Å². The van der Waals surface area contributed by atoms with Crippen molar-refractivity contribution < 1.29 is 0 Å². The lowest BCUT2D eigenvalue weighted by Crippen LogP contribution is -2.41. The molecule has 1 saturated heterocycles. The molecule has 0 spiro atoms. The fourth-order valence-electron chi connectivity index (χ4n) is 2.62. The van der Waals surface area contributed by atoms with Gasteiger partial charge in [-0.2, -0.15) is 5.10 Å². The van der Waals surface area contributed by atoms with E-state index in [-0.39, 0.29) is 0 Å². The molecule has 3 heterocycles. The lowest BCUT2D eigenvalue weighted by molar-refractivity contribution is 0.488. The van der Waals surface area contributed by atoms with Crippen LogP contribution in [0.15, 0.2) is 12.5 Å². The maximum atomic E-state index is 4.48. The van der Waals surface area contributed by atoms with Crippen LogP contribution >= 0.6 is 15.9 Å². The van der Waals surface area contributed by atoms with E-state index in [1.165, 1.54) is 19.3 Å². The molecule has 1 aliphatic rings. The Labute approximate surface area is 114 Å². The SMILES string of the molecule is Cn1ncc2c(N3CCCCC3CBr)ncnc21. The number of hydrogen-bond donors (Lipinski definition) is 0. The average Bonchev–Trinajstić information content (AvgIpc) is 2.81. The number of piperidine rings is 1. The number of alkyl halides is 1. The quantitative estimate of drug-likeness (QED) is 0.797. The molecule has 0 bridgehead atoms. The molecule has 2 aromatic heterocycles. The number of nitrogens with zero attached hydrogens (tertiary/aromatic N) is 5. The highest BCUT2D eigenvalue weighted by molar-refractivity contribution is 9.09. The molecule has 18 heavy (non-hydrogen) atoms. The molecule has 0 aromatic carbocycles. The van der Waals surface area contributed by atoms with Crippen molar-refractivity contribution in [1.29, 1.82) is 0 Å². The largest absolute Gasteiger partial charge is 0.352 e. The summed E-state index contributed by atoms with van der Waals surface area (Å²) in [7, 11) is 1.91. The van der Waals surface area contributed by atoms with Gasteiger partial charge >= 0.3 is 0 Å². The van der Waals surface area contributed by atoms with Crippen molar-refractivity contribution in [3.8, 4) is 0 Å². The van der Waals surface area contributed by atoms with Crippen LogP contribution in [0.2, 0.25) is 0 Å². The Morgan fingerprint density at radius 2 is 2.28 bits per heavy atom. The van der Waals surface area contributed by atoms with Gasteiger partial charge in [0.1, 0.15) is 12.1 Å². The summed E-state index contributed by atoms with van der Waals surface area (Å²) in [6.07, 6.45) is 7.25. The molecule has 3 rings (SSSR count). The number of hydrogen-bond acceptors (Lipinski definition) is 4.